The summed E-state index contributed by atoms with van der Waals surface area (Å²) >= 11 is 0. The van der Waals surface area contributed by atoms with E-state index in [4.69, 9.17) is 10.2 Å². The van der Waals surface area contributed by atoms with Gasteiger partial charge in [-0.15, -0.1) is 0 Å². The van der Waals surface area contributed by atoms with E-state index in [1.54, 1.807) is 13.8 Å². The first kappa shape index (κ1) is 14.2. The Labute approximate surface area is 90.1 Å². The van der Waals surface area contributed by atoms with Gasteiger partial charge in [0.05, 0.1) is 0 Å². The molecule has 0 bridgehead atoms. The van der Waals surface area contributed by atoms with Gasteiger partial charge in [-0.1, -0.05) is 13.8 Å². The molecule has 2 N–H and O–H groups in total. The van der Waals surface area contributed by atoms with Gasteiger partial charge in [-0.05, 0) is 12.8 Å². The SMILES string of the molecule is CC(C)C(C)(C(=O)O)C(=O)O.[H-].[H-].[Mg+2]. The predicted octanol–water partition coefficient (Wildman–Crippen LogP) is 0.662. The van der Waals surface area contributed by atoms with E-state index in [0.29, 0.717) is 0 Å². The Kier molecular flexibility index (Phi) is 5.54. The summed E-state index contributed by atoms with van der Waals surface area (Å²) in [5, 5.41) is 17.2. The molecule has 0 aromatic heterocycles. The summed E-state index contributed by atoms with van der Waals surface area (Å²) in [6, 6.07) is 0. The van der Waals surface area contributed by atoms with Crippen LogP contribution in [0.4, 0.5) is 0 Å². The van der Waals surface area contributed by atoms with Gasteiger partial charge >= 0.3 is 35.0 Å². The molecular weight excluding hydrogens is 172 g/mol. The van der Waals surface area contributed by atoms with Crippen LogP contribution in [0.5, 0.6) is 0 Å². The van der Waals surface area contributed by atoms with E-state index in [1.165, 1.54) is 6.92 Å². The molecule has 0 aliphatic heterocycles. The van der Waals surface area contributed by atoms with Gasteiger partial charge in [0.1, 0.15) is 0 Å². The Morgan fingerprint density at radius 2 is 1.50 bits per heavy atom. The molecular formula is C7H14MgO4. The van der Waals surface area contributed by atoms with E-state index >= 15 is 0 Å². The largest absolute Gasteiger partial charge is 2.00 e. The first-order chi connectivity index (χ1) is 4.83. The molecule has 5 heteroatoms. The quantitative estimate of drug-likeness (QED) is 0.502. The van der Waals surface area contributed by atoms with Crippen LogP contribution < -0.4 is 0 Å². The number of hydrogen-bond donors (Lipinski definition) is 2. The summed E-state index contributed by atoms with van der Waals surface area (Å²) in [4.78, 5) is 21.0. The molecule has 0 saturated carbocycles. The number of aliphatic carboxylic acids is 2. The van der Waals surface area contributed by atoms with E-state index in [-0.39, 0.29) is 25.9 Å². The molecule has 0 rings (SSSR count). The first-order valence-corrected chi connectivity index (χ1v) is 3.30. The van der Waals surface area contributed by atoms with Crippen molar-refractivity contribution in [3.8, 4) is 0 Å². The fourth-order valence-electron chi connectivity index (χ4n) is 0.585. The van der Waals surface area contributed by atoms with Gasteiger partial charge < -0.3 is 13.1 Å². The number of carboxylic acid groups (broad SMARTS) is 2. The molecule has 0 unspecified atom stereocenters. The molecule has 0 spiro atoms. The van der Waals surface area contributed by atoms with E-state index in [9.17, 15) is 9.59 Å². The molecule has 0 fully saturated rings. The molecule has 0 aliphatic carbocycles. The Bertz CT molecular complexity index is 182. The van der Waals surface area contributed by atoms with Gasteiger partial charge in [0, 0.05) is 0 Å². The molecule has 0 saturated heterocycles. The molecule has 12 heavy (non-hydrogen) atoms. The Balaban J connectivity index is -0.000000167. The van der Waals surface area contributed by atoms with Crippen molar-refractivity contribution in [3.63, 3.8) is 0 Å². The second-order valence-corrected chi connectivity index (χ2v) is 2.97. The van der Waals surface area contributed by atoms with E-state index in [2.05, 4.69) is 0 Å². The number of rotatable bonds is 3. The minimum absolute atomic E-state index is 0. The average Bonchev–Trinajstić information content (AvgIpc) is 1.84. The van der Waals surface area contributed by atoms with Gasteiger partial charge in [0.15, 0.2) is 5.41 Å². The second kappa shape index (κ2) is 4.66. The van der Waals surface area contributed by atoms with Crippen LogP contribution >= 0.6 is 0 Å². The summed E-state index contributed by atoms with van der Waals surface area (Å²) in [5.41, 5.74) is -1.67. The fraction of sp³-hybridized carbons (Fsp3) is 0.714. The fourth-order valence-corrected chi connectivity index (χ4v) is 0.585. The van der Waals surface area contributed by atoms with Crippen molar-refractivity contribution in [2.45, 2.75) is 20.8 Å². The molecule has 0 atom stereocenters. The van der Waals surface area contributed by atoms with Gasteiger partial charge in [-0.2, -0.15) is 0 Å². The molecule has 4 nitrogen and oxygen atoms in total. The van der Waals surface area contributed by atoms with Crippen molar-refractivity contribution < 1.29 is 22.7 Å². The van der Waals surface area contributed by atoms with E-state index in [0.717, 1.165) is 0 Å². The minimum Gasteiger partial charge on any atom is -1.00 e. The van der Waals surface area contributed by atoms with Crippen molar-refractivity contribution in [3.05, 3.63) is 0 Å². The summed E-state index contributed by atoms with van der Waals surface area (Å²) in [6.07, 6.45) is 0. The third-order valence-corrected chi connectivity index (χ3v) is 2.04. The van der Waals surface area contributed by atoms with Crippen LogP contribution in [0, 0.1) is 11.3 Å². The van der Waals surface area contributed by atoms with Gasteiger partial charge in [0.2, 0.25) is 0 Å². The maximum Gasteiger partial charge on any atom is 2.00 e. The molecule has 0 aromatic rings. The zero-order chi connectivity index (χ0) is 9.23. The first-order valence-electron chi connectivity index (χ1n) is 3.30. The molecule has 0 aliphatic rings. The van der Waals surface area contributed by atoms with Gasteiger partial charge in [-0.3, -0.25) is 9.59 Å². The predicted molar refractivity (Wildman–Crippen MR) is 46.2 cm³/mol. The summed E-state index contributed by atoms with van der Waals surface area (Å²) in [6.45, 7) is 4.35. The van der Waals surface area contributed by atoms with Crippen LogP contribution in [-0.4, -0.2) is 45.2 Å². The van der Waals surface area contributed by atoms with Crippen molar-refractivity contribution in [1.82, 2.24) is 0 Å². The van der Waals surface area contributed by atoms with Crippen LogP contribution in [0.15, 0.2) is 0 Å². The normalized spacial score (nSPS) is 10.7. The summed E-state index contributed by atoms with van der Waals surface area (Å²) < 4.78 is 0. The molecule has 68 valence electrons. The Morgan fingerprint density at radius 1 is 1.25 bits per heavy atom. The van der Waals surface area contributed by atoms with Crippen LogP contribution in [0.1, 0.15) is 23.6 Å². The molecule has 0 aromatic carbocycles. The topological polar surface area (TPSA) is 74.6 Å². The maximum absolute atomic E-state index is 10.5. The van der Waals surface area contributed by atoms with Gasteiger partial charge in [-0.25, -0.2) is 0 Å². The van der Waals surface area contributed by atoms with Crippen molar-refractivity contribution in [2.75, 3.05) is 0 Å². The standard InChI is InChI=1S/C7H12O4.Mg.2H/c1-4(2)7(3,5(8)9)6(10)11;;;/h4H,1-3H3,(H,8,9)(H,10,11);;;/q;+2;2*-1. The van der Waals surface area contributed by atoms with Crippen molar-refractivity contribution >= 4 is 35.0 Å². The summed E-state index contributed by atoms with van der Waals surface area (Å²) in [5.74, 6) is -3.00. The number of carbonyl (C=O) groups is 2. The van der Waals surface area contributed by atoms with E-state index < -0.39 is 23.3 Å². The van der Waals surface area contributed by atoms with Crippen molar-refractivity contribution in [2.24, 2.45) is 11.3 Å². The third kappa shape index (κ3) is 2.35. The number of carboxylic acids is 2. The van der Waals surface area contributed by atoms with Crippen LogP contribution in [-0.2, 0) is 9.59 Å². The second-order valence-electron chi connectivity index (χ2n) is 2.97. The number of hydrogen-bond acceptors (Lipinski definition) is 2. The smallest absolute Gasteiger partial charge is 1.00 e. The molecule has 0 amide bonds. The van der Waals surface area contributed by atoms with Crippen LogP contribution in [0.3, 0.4) is 0 Å². The van der Waals surface area contributed by atoms with Crippen molar-refractivity contribution in [1.29, 1.82) is 0 Å². The third-order valence-electron chi connectivity index (χ3n) is 2.04. The minimum atomic E-state index is -1.67. The summed E-state index contributed by atoms with van der Waals surface area (Å²) in [7, 11) is 0. The Morgan fingerprint density at radius 3 is 1.50 bits per heavy atom. The zero-order valence-corrected chi connectivity index (χ0v) is 8.91. The van der Waals surface area contributed by atoms with Crippen LogP contribution in [0.25, 0.3) is 0 Å². The Hall–Kier alpha value is -0.294. The average molecular weight is 186 g/mol. The maximum atomic E-state index is 10.5. The molecule has 0 heterocycles. The van der Waals surface area contributed by atoms with E-state index in [1.807, 2.05) is 0 Å². The zero-order valence-electron chi connectivity index (χ0n) is 9.50. The van der Waals surface area contributed by atoms with Crippen LogP contribution in [0.2, 0.25) is 0 Å². The van der Waals surface area contributed by atoms with Gasteiger partial charge in [0.25, 0.3) is 0 Å². The monoisotopic (exact) mass is 186 g/mol. The molecule has 0 radical (unpaired) electrons.